The van der Waals surface area contributed by atoms with E-state index in [-0.39, 0.29) is 11.7 Å². The van der Waals surface area contributed by atoms with Crippen molar-refractivity contribution in [2.45, 2.75) is 32.1 Å². The molecule has 0 aliphatic heterocycles. The number of rotatable bonds is 7. The number of benzene rings is 1. The van der Waals surface area contributed by atoms with Crippen LogP contribution in [-0.2, 0) is 4.53 Å². The molecule has 0 spiro atoms. The summed E-state index contributed by atoms with van der Waals surface area (Å²) < 4.78 is 5.68. The molecule has 0 aliphatic carbocycles. The third-order valence-electron chi connectivity index (χ3n) is 2.42. The van der Waals surface area contributed by atoms with E-state index in [9.17, 15) is 10.1 Å². The Bertz CT molecular complexity index is 440. The predicted molar refractivity (Wildman–Crippen MR) is 78.2 cm³/mol. The summed E-state index contributed by atoms with van der Waals surface area (Å²) >= 11 is 0. The molecule has 19 heavy (non-hydrogen) atoms. The van der Waals surface area contributed by atoms with Gasteiger partial charge in [-0.05, 0) is 31.6 Å². The van der Waals surface area contributed by atoms with Gasteiger partial charge in [0.1, 0.15) is 0 Å². The van der Waals surface area contributed by atoms with Crippen molar-refractivity contribution in [3.8, 4) is 0 Å². The third-order valence-corrected chi connectivity index (χ3v) is 3.15. The Morgan fingerprint density at radius 3 is 2.42 bits per heavy atom. The van der Waals surface area contributed by atoms with Gasteiger partial charge in [-0.2, -0.15) is 0 Å². The average Bonchev–Trinajstić information content (AvgIpc) is 2.33. The number of nitrogens with one attached hydrogen (secondary N) is 1. The Morgan fingerprint density at radius 2 is 2.00 bits per heavy atom. The van der Waals surface area contributed by atoms with E-state index in [0.717, 1.165) is 5.56 Å². The molecule has 1 rings (SSSR count). The molecule has 1 aromatic rings. The van der Waals surface area contributed by atoms with E-state index in [2.05, 4.69) is 31.7 Å². The van der Waals surface area contributed by atoms with Crippen molar-refractivity contribution in [3.63, 3.8) is 0 Å². The topological polar surface area (TPSA) is 64.4 Å². The number of hydroxylamine groups is 1. The Hall–Kier alpha value is -1.50. The molecule has 1 unspecified atom stereocenters. The molecule has 0 saturated heterocycles. The highest BCUT2D eigenvalue weighted by molar-refractivity contribution is 6.69. The van der Waals surface area contributed by atoms with E-state index in [0.29, 0.717) is 6.42 Å². The Kier molecular flexibility index (Phi) is 5.40. The van der Waals surface area contributed by atoms with Gasteiger partial charge >= 0.3 is 0 Å². The highest BCUT2D eigenvalue weighted by atomic mass is 28.4. The second-order valence-electron chi connectivity index (χ2n) is 5.26. The van der Waals surface area contributed by atoms with E-state index in [1.165, 1.54) is 12.1 Å². The second-order valence-corrected chi connectivity index (χ2v) is 9.69. The molecular weight excluding hydrogens is 260 g/mol. The normalized spacial score (nSPS) is 13.0. The van der Waals surface area contributed by atoms with Crippen molar-refractivity contribution in [1.29, 1.82) is 0 Å². The molecule has 1 aromatic carbocycles. The first-order valence-corrected chi connectivity index (χ1v) is 9.53. The third kappa shape index (κ3) is 5.33. The maximum atomic E-state index is 10.6. The monoisotopic (exact) mass is 280 g/mol. The minimum atomic E-state index is -1.66. The maximum absolute atomic E-state index is 10.6. The van der Waals surface area contributed by atoms with Crippen LogP contribution in [0.1, 0.15) is 18.0 Å². The van der Waals surface area contributed by atoms with Crippen molar-refractivity contribution in [2.24, 2.45) is 0 Å². The lowest BCUT2D eigenvalue weighted by atomic mass is 10.0. The van der Waals surface area contributed by atoms with Crippen LogP contribution in [0.15, 0.2) is 36.9 Å². The summed E-state index contributed by atoms with van der Waals surface area (Å²) in [5, 5.41) is 10.6. The number of nitro benzene ring substituents is 1. The lowest BCUT2D eigenvalue weighted by Gasteiger charge is -2.23. The Balaban J connectivity index is 2.80. The maximum Gasteiger partial charge on any atom is 0.269 e. The zero-order chi connectivity index (χ0) is 14.5. The number of nitro groups is 1. The predicted octanol–water partition coefficient (Wildman–Crippen LogP) is 3.57. The van der Waals surface area contributed by atoms with Crippen LogP contribution >= 0.6 is 0 Å². The number of hydrogen-bond donors (Lipinski definition) is 1. The van der Waals surface area contributed by atoms with Crippen LogP contribution in [0.4, 0.5) is 5.69 Å². The van der Waals surface area contributed by atoms with Crippen molar-refractivity contribution >= 4 is 14.0 Å². The van der Waals surface area contributed by atoms with E-state index in [1.807, 2.05) is 0 Å². The summed E-state index contributed by atoms with van der Waals surface area (Å²) in [6.07, 6.45) is 2.49. The van der Waals surface area contributed by atoms with Crippen LogP contribution < -0.4 is 5.48 Å². The van der Waals surface area contributed by atoms with Crippen molar-refractivity contribution in [1.82, 2.24) is 5.48 Å². The molecule has 6 heteroatoms. The first-order chi connectivity index (χ1) is 8.83. The highest BCUT2D eigenvalue weighted by Crippen LogP contribution is 2.21. The minimum Gasteiger partial charge on any atom is -0.345 e. The van der Waals surface area contributed by atoms with E-state index < -0.39 is 13.2 Å². The SMILES string of the molecule is C=CCC(NO[Si](C)(C)C)c1ccc([N+](=O)[O-])cc1. The van der Waals surface area contributed by atoms with Gasteiger partial charge in [0.25, 0.3) is 5.69 Å². The second kappa shape index (κ2) is 6.60. The quantitative estimate of drug-likeness (QED) is 0.359. The minimum absolute atomic E-state index is 0.0370. The fourth-order valence-corrected chi connectivity index (χ4v) is 1.99. The van der Waals surface area contributed by atoms with Crippen molar-refractivity contribution in [2.75, 3.05) is 0 Å². The number of hydrogen-bond acceptors (Lipinski definition) is 4. The van der Waals surface area contributed by atoms with Crippen LogP contribution in [0.25, 0.3) is 0 Å². The van der Waals surface area contributed by atoms with Crippen LogP contribution in [0.3, 0.4) is 0 Å². The van der Waals surface area contributed by atoms with Crippen molar-refractivity contribution in [3.05, 3.63) is 52.6 Å². The van der Waals surface area contributed by atoms with Crippen LogP contribution in [-0.4, -0.2) is 13.2 Å². The zero-order valence-corrected chi connectivity index (χ0v) is 12.6. The summed E-state index contributed by atoms with van der Waals surface area (Å²) in [7, 11) is -1.66. The molecule has 0 amide bonds. The van der Waals surface area contributed by atoms with Gasteiger partial charge in [-0.25, -0.2) is 5.48 Å². The molecular formula is C13H20N2O3Si. The largest absolute Gasteiger partial charge is 0.345 e. The van der Waals surface area contributed by atoms with Crippen LogP contribution in [0, 0.1) is 10.1 Å². The highest BCUT2D eigenvalue weighted by Gasteiger charge is 2.18. The molecule has 0 aliphatic rings. The fourth-order valence-electron chi connectivity index (χ4n) is 1.50. The summed E-state index contributed by atoms with van der Waals surface area (Å²) in [5.74, 6) is 0. The summed E-state index contributed by atoms with van der Waals surface area (Å²) in [4.78, 5) is 10.2. The molecule has 0 bridgehead atoms. The zero-order valence-electron chi connectivity index (χ0n) is 11.6. The molecule has 1 atom stereocenters. The first-order valence-electron chi connectivity index (χ1n) is 6.12. The Morgan fingerprint density at radius 1 is 1.42 bits per heavy atom. The summed E-state index contributed by atoms with van der Waals surface area (Å²) in [6.45, 7) is 9.98. The van der Waals surface area contributed by atoms with Gasteiger partial charge in [0, 0.05) is 12.1 Å². The van der Waals surface area contributed by atoms with E-state index in [1.54, 1.807) is 18.2 Å². The van der Waals surface area contributed by atoms with Crippen LogP contribution in [0.2, 0.25) is 19.6 Å². The smallest absolute Gasteiger partial charge is 0.269 e. The Labute approximate surface area is 114 Å². The lowest BCUT2D eigenvalue weighted by molar-refractivity contribution is -0.384. The van der Waals surface area contributed by atoms with Gasteiger partial charge in [-0.1, -0.05) is 18.2 Å². The van der Waals surface area contributed by atoms with Crippen LogP contribution in [0.5, 0.6) is 0 Å². The lowest BCUT2D eigenvalue weighted by Crippen LogP contribution is -2.35. The summed E-state index contributed by atoms with van der Waals surface area (Å²) in [5.41, 5.74) is 4.08. The van der Waals surface area contributed by atoms with E-state index in [4.69, 9.17) is 4.53 Å². The van der Waals surface area contributed by atoms with Gasteiger partial charge in [-0.15, -0.1) is 6.58 Å². The molecule has 5 nitrogen and oxygen atoms in total. The summed E-state index contributed by atoms with van der Waals surface area (Å²) in [6, 6.07) is 6.45. The molecule has 0 radical (unpaired) electrons. The van der Waals surface area contributed by atoms with Gasteiger partial charge in [0.2, 0.25) is 8.32 Å². The number of non-ortho nitro benzene ring substituents is 1. The fraction of sp³-hybridized carbons (Fsp3) is 0.385. The standard InChI is InChI=1S/C13H20N2O3Si/c1-5-6-13(14-18-19(2,3)4)11-7-9-12(10-8-11)15(16)17/h5,7-10,13-14H,1,6H2,2-4H3. The van der Waals surface area contributed by atoms with Gasteiger partial charge in [0.15, 0.2) is 0 Å². The van der Waals surface area contributed by atoms with E-state index >= 15 is 0 Å². The molecule has 104 valence electrons. The van der Waals surface area contributed by atoms with Gasteiger partial charge in [-0.3, -0.25) is 10.1 Å². The molecule has 0 fully saturated rings. The van der Waals surface area contributed by atoms with Gasteiger partial charge in [0.05, 0.1) is 11.0 Å². The first kappa shape index (κ1) is 15.6. The van der Waals surface area contributed by atoms with Crippen molar-refractivity contribution < 1.29 is 9.45 Å². The van der Waals surface area contributed by atoms with Gasteiger partial charge < -0.3 is 4.53 Å². The average molecular weight is 280 g/mol. The molecule has 0 heterocycles. The molecule has 0 saturated carbocycles. The molecule has 1 N–H and O–H groups in total. The number of nitrogens with zero attached hydrogens (tertiary/aromatic N) is 1. The molecule has 0 aromatic heterocycles.